The lowest BCUT2D eigenvalue weighted by Crippen LogP contribution is -2.31. The maximum absolute atomic E-state index is 13.0. The molecule has 1 N–H and O–H groups in total. The van der Waals surface area contributed by atoms with Crippen LogP contribution in [0.1, 0.15) is 27.7 Å². The predicted molar refractivity (Wildman–Crippen MR) is 106 cm³/mol. The second kappa shape index (κ2) is 7.02. The number of hydrogen-bond acceptors (Lipinski definition) is 2. The number of halogens is 2. The van der Waals surface area contributed by atoms with Gasteiger partial charge in [0.2, 0.25) is 0 Å². The fraction of sp³-hybridized carbons (Fsp3) is 0.0952. The van der Waals surface area contributed by atoms with Crippen molar-refractivity contribution >= 4 is 34.8 Å². The van der Waals surface area contributed by atoms with Gasteiger partial charge in [0.15, 0.2) is 0 Å². The summed E-state index contributed by atoms with van der Waals surface area (Å²) in [5, 5.41) is 4.32. The Kier molecular flexibility index (Phi) is 4.58. The first-order valence-electron chi connectivity index (χ1n) is 8.29. The first-order chi connectivity index (χ1) is 12.6. The zero-order chi connectivity index (χ0) is 18.1. The van der Waals surface area contributed by atoms with E-state index in [1.165, 1.54) is 0 Å². The Hall–Kier alpha value is -2.49. The van der Waals surface area contributed by atoms with Crippen molar-refractivity contribution in [2.45, 2.75) is 12.7 Å². The SMILES string of the molecule is O=C1c2ccccc2[C@H](Nc2cccc(Cl)c2Cl)N1Cc1ccccc1. The standard InChI is InChI=1S/C21H16Cl2N2O/c22-17-11-6-12-18(19(17)23)24-20-15-9-4-5-10-16(15)21(26)25(20)13-14-7-2-1-3-8-14/h1-12,20,24H,13H2/t20-/m1/s1. The van der Waals surface area contributed by atoms with Crippen LogP contribution in [-0.4, -0.2) is 10.8 Å². The molecule has 1 aliphatic rings. The topological polar surface area (TPSA) is 32.3 Å². The third-order valence-corrected chi connectivity index (χ3v) is 5.32. The molecule has 0 spiro atoms. The first-order valence-corrected chi connectivity index (χ1v) is 9.05. The smallest absolute Gasteiger partial charge is 0.256 e. The quantitative estimate of drug-likeness (QED) is 0.621. The highest BCUT2D eigenvalue weighted by atomic mass is 35.5. The van der Waals surface area contributed by atoms with Gasteiger partial charge in [-0.2, -0.15) is 0 Å². The van der Waals surface area contributed by atoms with Gasteiger partial charge < -0.3 is 10.2 Å². The molecule has 0 bridgehead atoms. The largest absolute Gasteiger partial charge is 0.360 e. The van der Waals surface area contributed by atoms with Crippen LogP contribution in [0, 0.1) is 0 Å². The summed E-state index contributed by atoms with van der Waals surface area (Å²) in [6, 6.07) is 23.0. The van der Waals surface area contributed by atoms with E-state index in [2.05, 4.69) is 5.32 Å². The number of benzene rings is 3. The van der Waals surface area contributed by atoms with Crippen LogP contribution in [-0.2, 0) is 6.54 Å². The van der Waals surface area contributed by atoms with Gasteiger partial charge in [0.25, 0.3) is 5.91 Å². The molecular weight excluding hydrogens is 367 g/mol. The van der Waals surface area contributed by atoms with Crippen molar-refractivity contribution in [3.8, 4) is 0 Å². The van der Waals surface area contributed by atoms with Crippen LogP contribution in [0.4, 0.5) is 5.69 Å². The molecule has 1 atom stereocenters. The third-order valence-electron chi connectivity index (χ3n) is 4.50. The van der Waals surface area contributed by atoms with Crippen LogP contribution in [0.3, 0.4) is 0 Å². The van der Waals surface area contributed by atoms with E-state index >= 15 is 0 Å². The van der Waals surface area contributed by atoms with Crippen molar-refractivity contribution in [2.24, 2.45) is 0 Å². The minimum atomic E-state index is -0.310. The highest BCUT2D eigenvalue weighted by molar-refractivity contribution is 6.43. The van der Waals surface area contributed by atoms with E-state index in [1.54, 1.807) is 6.07 Å². The van der Waals surface area contributed by atoms with Gasteiger partial charge >= 0.3 is 0 Å². The minimum Gasteiger partial charge on any atom is -0.360 e. The van der Waals surface area contributed by atoms with Crippen LogP contribution in [0.25, 0.3) is 0 Å². The molecule has 0 fully saturated rings. The predicted octanol–water partition coefficient (Wildman–Crippen LogP) is 5.76. The van der Waals surface area contributed by atoms with Crippen LogP contribution >= 0.6 is 23.2 Å². The molecular formula is C21H16Cl2N2O. The van der Waals surface area contributed by atoms with Gasteiger partial charge in [0.05, 0.1) is 15.7 Å². The summed E-state index contributed by atoms with van der Waals surface area (Å²) in [6.45, 7) is 0.504. The summed E-state index contributed by atoms with van der Waals surface area (Å²) in [7, 11) is 0. The van der Waals surface area contributed by atoms with E-state index < -0.39 is 0 Å². The van der Waals surface area contributed by atoms with E-state index in [-0.39, 0.29) is 12.1 Å². The Labute approximate surface area is 162 Å². The van der Waals surface area contributed by atoms with Crippen molar-refractivity contribution in [2.75, 3.05) is 5.32 Å². The normalized spacial score (nSPS) is 15.8. The molecule has 5 heteroatoms. The highest BCUT2D eigenvalue weighted by Gasteiger charge is 2.36. The van der Waals surface area contributed by atoms with E-state index in [9.17, 15) is 4.79 Å². The van der Waals surface area contributed by atoms with Crippen molar-refractivity contribution in [1.82, 2.24) is 4.90 Å². The Morgan fingerprint density at radius 3 is 2.42 bits per heavy atom. The van der Waals surface area contributed by atoms with E-state index in [4.69, 9.17) is 23.2 Å². The number of carbonyl (C=O) groups is 1. The lowest BCUT2D eigenvalue weighted by atomic mass is 10.1. The van der Waals surface area contributed by atoms with Crippen LogP contribution in [0.2, 0.25) is 10.0 Å². The molecule has 3 aromatic carbocycles. The Bertz CT molecular complexity index is 959. The second-order valence-corrected chi connectivity index (χ2v) is 6.94. The number of hydrogen-bond donors (Lipinski definition) is 1. The van der Waals surface area contributed by atoms with Crippen molar-refractivity contribution in [3.63, 3.8) is 0 Å². The van der Waals surface area contributed by atoms with E-state index in [0.717, 1.165) is 11.1 Å². The van der Waals surface area contributed by atoms with Crippen molar-refractivity contribution < 1.29 is 4.79 Å². The molecule has 1 aliphatic heterocycles. The summed E-state index contributed by atoms with van der Waals surface area (Å²) in [5.41, 5.74) is 3.41. The molecule has 130 valence electrons. The summed E-state index contributed by atoms with van der Waals surface area (Å²) >= 11 is 12.5. The third kappa shape index (κ3) is 3.05. The van der Waals surface area contributed by atoms with Crippen molar-refractivity contribution in [1.29, 1.82) is 0 Å². The van der Waals surface area contributed by atoms with E-state index in [0.29, 0.717) is 27.8 Å². The lowest BCUT2D eigenvalue weighted by molar-refractivity contribution is 0.0729. The Balaban J connectivity index is 1.72. The fourth-order valence-electron chi connectivity index (χ4n) is 3.23. The monoisotopic (exact) mass is 382 g/mol. The maximum atomic E-state index is 13.0. The number of nitrogens with one attached hydrogen (secondary N) is 1. The van der Waals surface area contributed by atoms with Gasteiger partial charge in [-0.05, 0) is 23.8 Å². The molecule has 3 aromatic rings. The van der Waals surface area contributed by atoms with Crippen LogP contribution in [0.5, 0.6) is 0 Å². The van der Waals surface area contributed by atoms with Gasteiger partial charge in [0.1, 0.15) is 6.17 Å². The zero-order valence-electron chi connectivity index (χ0n) is 13.8. The number of nitrogens with zero attached hydrogens (tertiary/aromatic N) is 1. The molecule has 0 unspecified atom stereocenters. The Morgan fingerprint density at radius 1 is 0.885 bits per heavy atom. The molecule has 3 nitrogen and oxygen atoms in total. The average Bonchev–Trinajstić information content (AvgIpc) is 2.92. The van der Waals surface area contributed by atoms with Gasteiger partial charge in [-0.15, -0.1) is 0 Å². The fourth-order valence-corrected chi connectivity index (χ4v) is 3.59. The number of anilines is 1. The molecule has 0 saturated carbocycles. The summed E-state index contributed by atoms with van der Waals surface area (Å²) in [6.07, 6.45) is -0.310. The first kappa shape index (κ1) is 17.0. The highest BCUT2D eigenvalue weighted by Crippen LogP contribution is 2.38. The Morgan fingerprint density at radius 2 is 1.62 bits per heavy atom. The van der Waals surface area contributed by atoms with Gasteiger partial charge in [-0.3, -0.25) is 4.79 Å². The molecule has 0 radical (unpaired) electrons. The number of amides is 1. The van der Waals surface area contributed by atoms with Gasteiger partial charge in [-0.25, -0.2) is 0 Å². The molecule has 0 aromatic heterocycles. The number of carbonyl (C=O) groups excluding carboxylic acids is 1. The number of rotatable bonds is 4. The maximum Gasteiger partial charge on any atom is 0.256 e. The summed E-state index contributed by atoms with van der Waals surface area (Å²) < 4.78 is 0. The van der Waals surface area contributed by atoms with Gasteiger partial charge in [-0.1, -0.05) is 77.8 Å². The summed E-state index contributed by atoms with van der Waals surface area (Å²) in [4.78, 5) is 14.8. The minimum absolute atomic E-state index is 0.0000959. The van der Waals surface area contributed by atoms with Crippen LogP contribution in [0.15, 0.2) is 72.8 Å². The molecule has 0 saturated heterocycles. The second-order valence-electron chi connectivity index (χ2n) is 6.15. The van der Waals surface area contributed by atoms with Crippen LogP contribution < -0.4 is 5.32 Å². The summed E-state index contributed by atoms with van der Waals surface area (Å²) in [5.74, 6) is 0.0000959. The van der Waals surface area contributed by atoms with Gasteiger partial charge in [0, 0.05) is 17.7 Å². The van der Waals surface area contributed by atoms with E-state index in [1.807, 2.05) is 71.6 Å². The zero-order valence-corrected chi connectivity index (χ0v) is 15.3. The molecule has 0 aliphatic carbocycles. The lowest BCUT2D eigenvalue weighted by Gasteiger charge is -2.27. The molecule has 26 heavy (non-hydrogen) atoms. The molecule has 1 heterocycles. The molecule has 1 amide bonds. The number of fused-ring (bicyclic) bond motifs is 1. The average molecular weight is 383 g/mol. The molecule has 4 rings (SSSR count). The van der Waals surface area contributed by atoms with Crippen molar-refractivity contribution in [3.05, 3.63) is 99.5 Å².